The molecule has 1 aliphatic carbocycles. The quantitative estimate of drug-likeness (QED) is 0.811. The van der Waals surface area contributed by atoms with Crippen molar-refractivity contribution in [2.75, 3.05) is 24.2 Å². The summed E-state index contributed by atoms with van der Waals surface area (Å²) >= 11 is 0. The summed E-state index contributed by atoms with van der Waals surface area (Å²) in [5.74, 6) is 0.470. The van der Waals surface area contributed by atoms with Gasteiger partial charge in [-0.25, -0.2) is 13.4 Å². The van der Waals surface area contributed by atoms with Crippen molar-refractivity contribution >= 4 is 21.7 Å². The van der Waals surface area contributed by atoms with Crippen LogP contribution in [0.3, 0.4) is 0 Å². The minimum Gasteiger partial charge on any atom is -0.294 e. The number of anilines is 1. The Bertz CT molecular complexity index is 710. The second kappa shape index (κ2) is 4.51. The second-order valence-corrected chi connectivity index (χ2v) is 7.86. The Morgan fingerprint density at radius 1 is 1.19 bits per heavy atom. The highest BCUT2D eigenvalue weighted by molar-refractivity contribution is 7.88. The van der Waals surface area contributed by atoms with Gasteiger partial charge in [0.2, 0.25) is 15.9 Å². The SMILES string of the molecule is Cc1cnc(N2CCN(S(C)(=O)=O)C3(CC3)C2=O)cc1C. The first-order valence-corrected chi connectivity index (χ1v) is 8.83. The molecule has 1 saturated carbocycles. The van der Waals surface area contributed by atoms with E-state index in [0.717, 1.165) is 11.1 Å². The van der Waals surface area contributed by atoms with Crippen LogP contribution in [0.4, 0.5) is 5.82 Å². The molecule has 1 spiro atoms. The molecular formula is C14H19N3O3S. The molecule has 0 bridgehead atoms. The smallest absolute Gasteiger partial charge is 0.249 e. The van der Waals surface area contributed by atoms with Crippen molar-refractivity contribution < 1.29 is 13.2 Å². The van der Waals surface area contributed by atoms with E-state index < -0.39 is 15.6 Å². The Morgan fingerprint density at radius 2 is 1.86 bits per heavy atom. The van der Waals surface area contributed by atoms with Crippen LogP contribution in [0, 0.1) is 13.8 Å². The zero-order chi connectivity index (χ0) is 15.4. The summed E-state index contributed by atoms with van der Waals surface area (Å²) in [6.07, 6.45) is 4.12. The Balaban J connectivity index is 1.95. The molecule has 2 fully saturated rings. The van der Waals surface area contributed by atoms with Gasteiger partial charge < -0.3 is 0 Å². The van der Waals surface area contributed by atoms with E-state index in [1.54, 1.807) is 11.1 Å². The molecular weight excluding hydrogens is 290 g/mol. The summed E-state index contributed by atoms with van der Waals surface area (Å²) in [6, 6.07) is 1.89. The number of amides is 1. The first-order valence-electron chi connectivity index (χ1n) is 6.99. The molecule has 114 valence electrons. The molecule has 7 heteroatoms. The fourth-order valence-corrected chi connectivity index (χ4v) is 4.21. The number of rotatable bonds is 2. The molecule has 1 aliphatic heterocycles. The predicted molar refractivity (Wildman–Crippen MR) is 79.6 cm³/mol. The maximum Gasteiger partial charge on any atom is 0.249 e. The summed E-state index contributed by atoms with van der Waals surface area (Å²) < 4.78 is 25.1. The molecule has 1 aromatic heterocycles. The Labute approximate surface area is 124 Å². The normalized spacial score (nSPS) is 21.9. The Kier molecular flexibility index (Phi) is 3.11. The number of hydrogen-bond acceptors (Lipinski definition) is 4. The van der Waals surface area contributed by atoms with Gasteiger partial charge in [-0.1, -0.05) is 0 Å². The molecule has 6 nitrogen and oxygen atoms in total. The minimum atomic E-state index is -3.36. The van der Waals surface area contributed by atoms with Crippen LogP contribution in [0.1, 0.15) is 24.0 Å². The average Bonchev–Trinajstić information content (AvgIpc) is 3.16. The molecule has 0 unspecified atom stereocenters. The van der Waals surface area contributed by atoms with Gasteiger partial charge in [-0.2, -0.15) is 4.31 Å². The molecule has 1 saturated heterocycles. The van der Waals surface area contributed by atoms with Gasteiger partial charge in [0, 0.05) is 19.3 Å². The lowest BCUT2D eigenvalue weighted by atomic mass is 10.1. The van der Waals surface area contributed by atoms with Crippen LogP contribution in [0.2, 0.25) is 0 Å². The zero-order valence-corrected chi connectivity index (χ0v) is 13.3. The van der Waals surface area contributed by atoms with Crippen LogP contribution in [-0.2, 0) is 14.8 Å². The lowest BCUT2D eigenvalue weighted by Crippen LogP contribution is -2.60. The third-order valence-electron chi connectivity index (χ3n) is 4.41. The van der Waals surface area contributed by atoms with E-state index in [4.69, 9.17) is 0 Å². The van der Waals surface area contributed by atoms with Gasteiger partial charge in [-0.3, -0.25) is 9.69 Å². The van der Waals surface area contributed by atoms with E-state index in [9.17, 15) is 13.2 Å². The van der Waals surface area contributed by atoms with Gasteiger partial charge >= 0.3 is 0 Å². The fraction of sp³-hybridized carbons (Fsp3) is 0.571. The van der Waals surface area contributed by atoms with E-state index in [1.807, 2.05) is 19.9 Å². The third kappa shape index (κ3) is 2.24. The highest BCUT2D eigenvalue weighted by Gasteiger charge is 2.61. The molecule has 0 radical (unpaired) electrons. The standard InChI is InChI=1S/C14H19N3O3S/c1-10-8-12(15-9-11(10)2)16-6-7-17(21(3,19)20)14(4-5-14)13(16)18/h8-9H,4-7H2,1-3H3. The topological polar surface area (TPSA) is 70.6 Å². The van der Waals surface area contributed by atoms with E-state index in [2.05, 4.69) is 4.98 Å². The first-order chi connectivity index (χ1) is 9.75. The van der Waals surface area contributed by atoms with Gasteiger partial charge in [0.25, 0.3) is 0 Å². The summed E-state index contributed by atoms with van der Waals surface area (Å²) in [7, 11) is -3.36. The fourth-order valence-electron chi connectivity index (χ4n) is 2.90. The van der Waals surface area contributed by atoms with Gasteiger partial charge in [0.05, 0.1) is 6.26 Å². The van der Waals surface area contributed by atoms with Crippen molar-refractivity contribution in [1.82, 2.24) is 9.29 Å². The Morgan fingerprint density at radius 3 is 2.38 bits per heavy atom. The molecule has 2 aliphatic rings. The van der Waals surface area contributed by atoms with Crippen LogP contribution in [0.15, 0.2) is 12.3 Å². The lowest BCUT2D eigenvalue weighted by molar-refractivity contribution is -0.125. The molecule has 3 rings (SSSR count). The van der Waals surface area contributed by atoms with Crippen molar-refractivity contribution in [2.45, 2.75) is 32.2 Å². The maximum absolute atomic E-state index is 12.7. The Hall–Kier alpha value is -1.47. The average molecular weight is 309 g/mol. The van der Waals surface area contributed by atoms with Crippen molar-refractivity contribution in [2.24, 2.45) is 0 Å². The summed E-state index contributed by atoms with van der Waals surface area (Å²) in [5.41, 5.74) is 1.29. The molecule has 21 heavy (non-hydrogen) atoms. The van der Waals surface area contributed by atoms with E-state index >= 15 is 0 Å². The minimum absolute atomic E-state index is 0.144. The summed E-state index contributed by atoms with van der Waals surface area (Å²) in [6.45, 7) is 4.63. The van der Waals surface area contributed by atoms with Gasteiger partial charge in [-0.15, -0.1) is 0 Å². The number of hydrogen-bond donors (Lipinski definition) is 0. The van der Waals surface area contributed by atoms with Gasteiger partial charge in [-0.05, 0) is 43.9 Å². The molecule has 1 amide bonds. The monoisotopic (exact) mass is 309 g/mol. The number of pyridine rings is 1. The lowest BCUT2D eigenvalue weighted by Gasteiger charge is -2.39. The maximum atomic E-state index is 12.7. The number of nitrogens with zero attached hydrogens (tertiary/aromatic N) is 3. The van der Waals surface area contributed by atoms with E-state index in [1.165, 1.54) is 10.6 Å². The van der Waals surface area contributed by atoms with Crippen LogP contribution in [0.5, 0.6) is 0 Å². The zero-order valence-electron chi connectivity index (χ0n) is 12.5. The third-order valence-corrected chi connectivity index (χ3v) is 5.74. The van der Waals surface area contributed by atoms with Gasteiger partial charge in [0.15, 0.2) is 0 Å². The largest absolute Gasteiger partial charge is 0.294 e. The van der Waals surface area contributed by atoms with E-state index in [-0.39, 0.29) is 5.91 Å². The summed E-state index contributed by atoms with van der Waals surface area (Å²) in [5, 5.41) is 0. The number of aromatic nitrogens is 1. The summed E-state index contributed by atoms with van der Waals surface area (Å²) in [4.78, 5) is 18.7. The van der Waals surface area contributed by atoms with Gasteiger partial charge in [0.1, 0.15) is 11.4 Å². The number of carbonyl (C=O) groups is 1. The van der Waals surface area contributed by atoms with Crippen LogP contribution >= 0.6 is 0 Å². The highest BCUT2D eigenvalue weighted by atomic mass is 32.2. The number of sulfonamides is 1. The predicted octanol–water partition coefficient (Wildman–Crippen LogP) is 0.839. The molecule has 0 N–H and O–H groups in total. The number of carbonyl (C=O) groups excluding carboxylic acids is 1. The first kappa shape index (κ1) is 14.5. The van der Waals surface area contributed by atoms with Crippen LogP contribution < -0.4 is 4.90 Å². The van der Waals surface area contributed by atoms with Crippen molar-refractivity contribution in [3.05, 3.63) is 23.4 Å². The van der Waals surface area contributed by atoms with Crippen LogP contribution in [-0.4, -0.2) is 48.5 Å². The highest BCUT2D eigenvalue weighted by Crippen LogP contribution is 2.47. The molecule has 0 aromatic carbocycles. The van der Waals surface area contributed by atoms with Crippen LogP contribution in [0.25, 0.3) is 0 Å². The molecule has 1 aromatic rings. The molecule has 0 atom stereocenters. The molecule has 2 heterocycles. The van der Waals surface area contributed by atoms with E-state index in [0.29, 0.717) is 31.7 Å². The van der Waals surface area contributed by atoms with Crippen molar-refractivity contribution in [1.29, 1.82) is 0 Å². The van der Waals surface area contributed by atoms with Crippen molar-refractivity contribution in [3.8, 4) is 0 Å². The number of aryl methyl sites for hydroxylation is 2. The number of piperazine rings is 1. The van der Waals surface area contributed by atoms with Crippen molar-refractivity contribution in [3.63, 3.8) is 0 Å². The second-order valence-electron chi connectivity index (χ2n) is 5.95.